The topological polar surface area (TPSA) is 100 Å². The Morgan fingerprint density at radius 2 is 2.17 bits per heavy atom. The minimum Gasteiger partial charge on any atom is -0.482 e. The Morgan fingerprint density at radius 3 is 2.79 bits per heavy atom. The lowest BCUT2D eigenvalue weighted by Gasteiger charge is -2.17. The number of anilines is 1. The largest absolute Gasteiger partial charge is 0.482 e. The smallest absolute Gasteiger partial charge is 0.263 e. The van der Waals surface area contributed by atoms with Gasteiger partial charge in [-0.1, -0.05) is 11.6 Å². The quantitative estimate of drug-likeness (QED) is 0.779. The monoisotopic (exact) mass is 412 g/mol. The van der Waals surface area contributed by atoms with Gasteiger partial charge in [0.1, 0.15) is 17.6 Å². The summed E-state index contributed by atoms with van der Waals surface area (Å²) in [7, 11) is 0. The lowest BCUT2D eigenvalue weighted by molar-refractivity contribution is -0.118. The molecule has 1 aromatic heterocycles. The van der Waals surface area contributed by atoms with Gasteiger partial charge in [-0.05, 0) is 50.5 Å². The number of aromatic nitrogens is 1. The molecule has 0 radical (unpaired) electrons. The van der Waals surface area contributed by atoms with E-state index in [9.17, 15) is 10.1 Å². The molecule has 1 aromatic carbocycles. The van der Waals surface area contributed by atoms with Crippen LogP contribution in [0.15, 0.2) is 18.2 Å². The third-order valence-electron chi connectivity index (χ3n) is 5.03. The van der Waals surface area contributed by atoms with E-state index in [2.05, 4.69) is 11.4 Å². The van der Waals surface area contributed by atoms with E-state index in [0.29, 0.717) is 29.2 Å². The fourth-order valence-corrected chi connectivity index (χ4v) is 3.58. The molecule has 0 bridgehead atoms. The Morgan fingerprint density at radius 1 is 1.38 bits per heavy atom. The predicted molar refractivity (Wildman–Crippen MR) is 108 cm³/mol. The summed E-state index contributed by atoms with van der Waals surface area (Å²) in [5.41, 5.74) is 2.59. The molecule has 0 unspecified atom stereocenters. The van der Waals surface area contributed by atoms with Gasteiger partial charge < -0.3 is 19.4 Å². The molecule has 1 fully saturated rings. The molecule has 2 heterocycles. The van der Waals surface area contributed by atoms with Gasteiger partial charge in [0, 0.05) is 12.3 Å². The summed E-state index contributed by atoms with van der Waals surface area (Å²) < 4.78 is 13.1. The van der Waals surface area contributed by atoms with Gasteiger partial charge in [0.05, 0.1) is 34.9 Å². The van der Waals surface area contributed by atoms with E-state index < -0.39 is 5.91 Å². The number of amides is 1. The Balaban J connectivity index is 1.74. The zero-order valence-electron chi connectivity index (χ0n) is 16.3. The Bertz CT molecular complexity index is 1010. The maximum atomic E-state index is 12.5. The molecule has 1 saturated heterocycles. The second-order valence-electron chi connectivity index (χ2n) is 6.89. The van der Waals surface area contributed by atoms with E-state index >= 15 is 0 Å². The number of nitrogens with one attached hydrogen (secondary N) is 1. The van der Waals surface area contributed by atoms with Gasteiger partial charge in [0.25, 0.3) is 5.91 Å². The van der Waals surface area contributed by atoms with E-state index in [4.69, 9.17) is 26.3 Å². The van der Waals surface area contributed by atoms with Crippen LogP contribution in [0, 0.1) is 36.5 Å². The number of carbonyl (C=O) groups is 1. The zero-order chi connectivity index (χ0) is 21.0. The van der Waals surface area contributed by atoms with Gasteiger partial charge in [-0.3, -0.25) is 4.79 Å². The van der Waals surface area contributed by atoms with E-state index in [1.165, 1.54) is 6.07 Å². The van der Waals surface area contributed by atoms with Gasteiger partial charge in [-0.25, -0.2) is 0 Å². The van der Waals surface area contributed by atoms with E-state index in [1.807, 2.05) is 24.5 Å². The lowest BCUT2D eigenvalue weighted by atomic mass is 10.2. The van der Waals surface area contributed by atoms with Crippen LogP contribution in [-0.4, -0.2) is 29.8 Å². The van der Waals surface area contributed by atoms with E-state index in [0.717, 1.165) is 30.7 Å². The van der Waals surface area contributed by atoms with Crippen LogP contribution >= 0.6 is 11.6 Å². The third kappa shape index (κ3) is 4.54. The van der Waals surface area contributed by atoms with Crippen LogP contribution in [0.2, 0.25) is 5.02 Å². The van der Waals surface area contributed by atoms with Crippen LogP contribution in [0.4, 0.5) is 5.82 Å². The predicted octanol–water partition coefficient (Wildman–Crippen LogP) is 3.70. The van der Waals surface area contributed by atoms with Crippen molar-refractivity contribution >= 4 is 23.3 Å². The van der Waals surface area contributed by atoms with Crippen LogP contribution in [0.3, 0.4) is 0 Å². The molecule has 7 nitrogen and oxygen atoms in total. The molecule has 0 aliphatic carbocycles. The van der Waals surface area contributed by atoms with Gasteiger partial charge >= 0.3 is 0 Å². The van der Waals surface area contributed by atoms with Crippen molar-refractivity contribution in [1.29, 1.82) is 10.5 Å². The van der Waals surface area contributed by atoms with Crippen LogP contribution in [0.1, 0.15) is 35.2 Å². The van der Waals surface area contributed by atoms with Crippen molar-refractivity contribution in [3.8, 4) is 17.9 Å². The van der Waals surface area contributed by atoms with Crippen molar-refractivity contribution in [2.45, 2.75) is 39.3 Å². The number of ether oxygens (including phenoxy) is 2. The van der Waals surface area contributed by atoms with Gasteiger partial charge in [-0.2, -0.15) is 10.5 Å². The van der Waals surface area contributed by atoms with E-state index in [1.54, 1.807) is 12.1 Å². The normalized spacial score (nSPS) is 15.6. The molecular weight excluding hydrogens is 392 g/mol. The van der Waals surface area contributed by atoms with Crippen molar-refractivity contribution in [2.75, 3.05) is 18.5 Å². The molecule has 0 saturated carbocycles. The van der Waals surface area contributed by atoms with Gasteiger partial charge in [0.2, 0.25) is 0 Å². The Labute approximate surface area is 174 Å². The SMILES string of the molecule is Cc1c(C#N)c(NC(=O)COc2ccc(C#N)cc2Cl)n(C[C@@H]2CCCO2)c1C. The number of halogens is 1. The zero-order valence-corrected chi connectivity index (χ0v) is 17.0. The molecule has 0 spiro atoms. The second-order valence-corrected chi connectivity index (χ2v) is 7.29. The second kappa shape index (κ2) is 9.00. The Hall–Kier alpha value is -3.00. The number of carbonyl (C=O) groups excluding carboxylic acids is 1. The maximum Gasteiger partial charge on any atom is 0.263 e. The third-order valence-corrected chi connectivity index (χ3v) is 5.32. The molecule has 1 atom stereocenters. The highest BCUT2D eigenvalue weighted by molar-refractivity contribution is 6.32. The molecule has 1 aliphatic heterocycles. The van der Waals surface area contributed by atoms with Crippen LogP contribution in [0.25, 0.3) is 0 Å². The summed E-state index contributed by atoms with van der Waals surface area (Å²) in [6.45, 7) is 4.82. The number of benzene rings is 1. The molecule has 1 aliphatic rings. The number of rotatable bonds is 6. The molecule has 3 rings (SSSR count). The fraction of sp³-hybridized carbons (Fsp3) is 0.381. The lowest BCUT2D eigenvalue weighted by Crippen LogP contribution is -2.24. The van der Waals surface area contributed by atoms with Crippen molar-refractivity contribution in [3.63, 3.8) is 0 Å². The highest BCUT2D eigenvalue weighted by Gasteiger charge is 2.24. The standard InChI is InChI=1S/C21H21ClN4O3/c1-13-14(2)26(11-16-4-3-7-28-16)21(17(13)10-24)25-20(27)12-29-19-6-5-15(9-23)8-18(19)22/h5-6,8,16H,3-4,7,11-12H2,1-2H3,(H,25,27)/t16-/m0/s1. The minimum atomic E-state index is -0.409. The molecular formula is C21H21ClN4O3. The molecule has 29 heavy (non-hydrogen) atoms. The number of hydrogen-bond donors (Lipinski definition) is 1. The van der Waals surface area contributed by atoms with E-state index in [-0.39, 0.29) is 17.7 Å². The van der Waals surface area contributed by atoms with Crippen molar-refractivity contribution in [1.82, 2.24) is 4.57 Å². The first-order valence-electron chi connectivity index (χ1n) is 9.28. The first kappa shape index (κ1) is 20.7. The number of nitriles is 2. The van der Waals surface area contributed by atoms with Crippen molar-refractivity contribution in [3.05, 3.63) is 45.6 Å². The molecule has 150 valence electrons. The molecule has 2 aromatic rings. The maximum absolute atomic E-state index is 12.5. The average Bonchev–Trinajstić information content (AvgIpc) is 3.30. The summed E-state index contributed by atoms with van der Waals surface area (Å²) in [4.78, 5) is 12.5. The fourth-order valence-electron chi connectivity index (χ4n) is 3.35. The summed E-state index contributed by atoms with van der Waals surface area (Å²) in [5.74, 6) is 0.356. The van der Waals surface area contributed by atoms with Crippen LogP contribution in [-0.2, 0) is 16.1 Å². The first-order valence-corrected chi connectivity index (χ1v) is 9.66. The van der Waals surface area contributed by atoms with Crippen molar-refractivity contribution < 1.29 is 14.3 Å². The number of nitrogens with zero attached hydrogens (tertiary/aromatic N) is 3. The Kier molecular flexibility index (Phi) is 6.43. The minimum absolute atomic E-state index is 0.0661. The number of hydrogen-bond acceptors (Lipinski definition) is 5. The summed E-state index contributed by atoms with van der Waals surface area (Å²) in [6, 6.07) is 8.75. The summed E-state index contributed by atoms with van der Waals surface area (Å²) >= 11 is 6.08. The molecule has 1 N–H and O–H groups in total. The molecule has 1 amide bonds. The highest BCUT2D eigenvalue weighted by Crippen LogP contribution is 2.29. The van der Waals surface area contributed by atoms with Gasteiger partial charge in [-0.15, -0.1) is 0 Å². The first-order chi connectivity index (χ1) is 13.9. The molecule has 8 heteroatoms. The summed E-state index contributed by atoms with van der Waals surface area (Å²) in [5, 5.41) is 21.5. The van der Waals surface area contributed by atoms with Crippen LogP contribution < -0.4 is 10.1 Å². The van der Waals surface area contributed by atoms with Crippen molar-refractivity contribution in [2.24, 2.45) is 0 Å². The summed E-state index contributed by atoms with van der Waals surface area (Å²) in [6.07, 6.45) is 2.03. The highest BCUT2D eigenvalue weighted by atomic mass is 35.5. The van der Waals surface area contributed by atoms with Gasteiger partial charge in [0.15, 0.2) is 6.61 Å². The average molecular weight is 413 g/mol. The van der Waals surface area contributed by atoms with Crippen LogP contribution in [0.5, 0.6) is 5.75 Å².